The molecular formula is C22H31N3OS. The number of hydrogen-bond donors (Lipinski definition) is 0. The molecule has 0 bridgehead atoms. The topological polar surface area (TPSA) is 37.6 Å². The second-order valence-corrected chi connectivity index (χ2v) is 9.01. The Kier molecular flexibility index (Phi) is 6.06. The molecule has 3 fully saturated rings. The van der Waals surface area contributed by atoms with Crippen LogP contribution in [0, 0.1) is 0 Å². The molecule has 4 nitrogen and oxygen atoms in total. The average Bonchev–Trinajstić information content (AvgIpc) is 3.28. The molecule has 0 spiro atoms. The molecule has 0 unspecified atom stereocenters. The molecule has 2 saturated carbocycles. The smallest absolute Gasteiger partial charge is 0.267 e. The average molecular weight is 386 g/mol. The molecule has 0 atom stereocenters. The molecule has 1 aromatic rings. The minimum absolute atomic E-state index is 0.172. The number of aryl methyl sites for hydroxylation is 1. The first-order valence-corrected chi connectivity index (χ1v) is 11.5. The van der Waals surface area contributed by atoms with Gasteiger partial charge < -0.3 is 4.57 Å². The zero-order valence-electron chi connectivity index (χ0n) is 16.4. The van der Waals surface area contributed by atoms with Crippen molar-refractivity contribution in [3.63, 3.8) is 0 Å². The fraction of sp³-hybridized carbons (Fsp3) is 0.636. The molecule has 2 heterocycles. The van der Waals surface area contributed by atoms with Crippen molar-refractivity contribution in [2.75, 3.05) is 0 Å². The van der Waals surface area contributed by atoms with Gasteiger partial charge in [0.2, 0.25) is 0 Å². The Balaban J connectivity index is 1.63. The molecule has 1 aromatic heterocycles. The molecule has 2 aliphatic carbocycles. The van der Waals surface area contributed by atoms with Crippen LogP contribution in [0.15, 0.2) is 28.2 Å². The van der Waals surface area contributed by atoms with E-state index in [1.54, 1.807) is 11.8 Å². The first-order chi connectivity index (χ1) is 13.3. The standard InChI is InChI=1S/C22H31N3OS/c1-2-24-15-9-14-19(24)16-20-21(26)25(18-12-7-4-8-13-18)22(27-20)23-17-10-5-3-6-11-17/h9,14-18H,2-8,10-13H2,1H3/b20-16-,23-22?. The highest BCUT2D eigenvalue weighted by Crippen LogP contribution is 2.38. The third-order valence-electron chi connectivity index (χ3n) is 6.13. The summed E-state index contributed by atoms with van der Waals surface area (Å²) in [5, 5.41) is 0.972. The van der Waals surface area contributed by atoms with Crippen LogP contribution in [-0.4, -0.2) is 32.6 Å². The van der Waals surface area contributed by atoms with Crippen molar-refractivity contribution in [1.29, 1.82) is 0 Å². The predicted molar refractivity (Wildman–Crippen MR) is 114 cm³/mol. The Labute approximate surface area is 167 Å². The predicted octanol–water partition coefficient (Wildman–Crippen LogP) is 5.45. The van der Waals surface area contributed by atoms with Gasteiger partial charge in [0.25, 0.3) is 5.91 Å². The van der Waals surface area contributed by atoms with Gasteiger partial charge in [0.1, 0.15) is 0 Å². The Morgan fingerprint density at radius 3 is 2.52 bits per heavy atom. The zero-order valence-corrected chi connectivity index (χ0v) is 17.2. The lowest BCUT2D eigenvalue weighted by atomic mass is 9.94. The van der Waals surface area contributed by atoms with Gasteiger partial charge in [-0.05, 0) is 62.6 Å². The van der Waals surface area contributed by atoms with Crippen LogP contribution in [0.3, 0.4) is 0 Å². The highest BCUT2D eigenvalue weighted by molar-refractivity contribution is 8.18. The lowest BCUT2D eigenvalue weighted by molar-refractivity contribution is -0.124. The van der Waals surface area contributed by atoms with E-state index in [9.17, 15) is 4.79 Å². The van der Waals surface area contributed by atoms with E-state index in [1.807, 2.05) is 0 Å². The highest BCUT2D eigenvalue weighted by atomic mass is 32.2. The summed E-state index contributed by atoms with van der Waals surface area (Å²) in [6.45, 7) is 3.05. The van der Waals surface area contributed by atoms with E-state index < -0.39 is 0 Å². The summed E-state index contributed by atoms with van der Waals surface area (Å²) < 4.78 is 2.18. The van der Waals surface area contributed by atoms with Gasteiger partial charge in [-0.1, -0.05) is 38.5 Å². The van der Waals surface area contributed by atoms with Crippen molar-refractivity contribution in [2.24, 2.45) is 4.99 Å². The lowest BCUT2D eigenvalue weighted by Gasteiger charge is -2.31. The normalized spacial score (nSPS) is 25.8. The largest absolute Gasteiger partial charge is 0.348 e. The van der Waals surface area contributed by atoms with Crippen molar-refractivity contribution in [1.82, 2.24) is 9.47 Å². The lowest BCUT2D eigenvalue weighted by Crippen LogP contribution is -2.41. The fourth-order valence-corrected chi connectivity index (χ4v) is 5.68. The number of hydrogen-bond acceptors (Lipinski definition) is 3. The second-order valence-electron chi connectivity index (χ2n) is 8.00. The molecule has 0 aromatic carbocycles. The number of carbonyl (C=O) groups is 1. The summed E-state index contributed by atoms with van der Waals surface area (Å²) in [6, 6.07) is 4.88. The highest BCUT2D eigenvalue weighted by Gasteiger charge is 2.39. The summed E-state index contributed by atoms with van der Waals surface area (Å²) in [5.41, 5.74) is 1.11. The first kappa shape index (κ1) is 18.9. The molecule has 0 N–H and O–H groups in total. The van der Waals surface area contributed by atoms with Crippen molar-refractivity contribution < 1.29 is 4.79 Å². The van der Waals surface area contributed by atoms with E-state index in [2.05, 4.69) is 40.8 Å². The van der Waals surface area contributed by atoms with E-state index in [0.29, 0.717) is 12.1 Å². The summed E-state index contributed by atoms with van der Waals surface area (Å²) in [5.74, 6) is 0.172. The summed E-state index contributed by atoms with van der Waals surface area (Å²) in [7, 11) is 0. The van der Waals surface area contributed by atoms with Crippen LogP contribution < -0.4 is 0 Å². The molecule has 4 rings (SSSR count). The van der Waals surface area contributed by atoms with Crippen LogP contribution in [-0.2, 0) is 11.3 Å². The van der Waals surface area contributed by atoms with E-state index >= 15 is 0 Å². The van der Waals surface area contributed by atoms with Gasteiger partial charge >= 0.3 is 0 Å². The maximum atomic E-state index is 13.3. The maximum absolute atomic E-state index is 13.3. The van der Waals surface area contributed by atoms with Crippen molar-refractivity contribution in [3.8, 4) is 0 Å². The van der Waals surface area contributed by atoms with Gasteiger partial charge in [0, 0.05) is 24.5 Å². The van der Waals surface area contributed by atoms with Gasteiger partial charge in [-0.15, -0.1) is 0 Å². The Bertz CT molecular complexity index is 724. The van der Waals surface area contributed by atoms with Gasteiger partial charge in [-0.3, -0.25) is 14.7 Å². The third kappa shape index (κ3) is 4.18. The maximum Gasteiger partial charge on any atom is 0.267 e. The molecule has 27 heavy (non-hydrogen) atoms. The summed E-state index contributed by atoms with van der Waals surface area (Å²) >= 11 is 1.61. The number of rotatable bonds is 4. The molecule has 5 heteroatoms. The molecule has 1 amide bonds. The van der Waals surface area contributed by atoms with Gasteiger partial charge in [-0.25, -0.2) is 0 Å². The Morgan fingerprint density at radius 2 is 1.81 bits per heavy atom. The number of nitrogens with zero attached hydrogens (tertiary/aromatic N) is 3. The molecule has 3 aliphatic rings. The quantitative estimate of drug-likeness (QED) is 0.647. The minimum Gasteiger partial charge on any atom is -0.348 e. The molecule has 146 valence electrons. The molecule has 1 aliphatic heterocycles. The van der Waals surface area contributed by atoms with Crippen LogP contribution >= 0.6 is 11.8 Å². The molecule has 0 radical (unpaired) electrons. The first-order valence-electron chi connectivity index (χ1n) is 10.7. The zero-order chi connectivity index (χ0) is 18.6. The van der Waals surface area contributed by atoms with E-state index in [-0.39, 0.29) is 5.91 Å². The number of carbonyl (C=O) groups excluding carboxylic acids is 1. The Hall–Kier alpha value is -1.49. The summed E-state index contributed by atoms with van der Waals surface area (Å²) in [4.78, 5) is 21.3. The van der Waals surface area contributed by atoms with Crippen LogP contribution in [0.4, 0.5) is 0 Å². The van der Waals surface area contributed by atoms with Crippen LogP contribution in [0.1, 0.15) is 76.8 Å². The second kappa shape index (κ2) is 8.68. The van der Waals surface area contributed by atoms with Crippen molar-refractivity contribution in [2.45, 2.75) is 89.8 Å². The van der Waals surface area contributed by atoms with E-state index in [0.717, 1.165) is 35.2 Å². The van der Waals surface area contributed by atoms with Crippen LogP contribution in [0.2, 0.25) is 0 Å². The minimum atomic E-state index is 0.172. The molecular weight excluding hydrogens is 354 g/mol. The molecule has 1 saturated heterocycles. The fourth-order valence-electron chi connectivity index (χ4n) is 4.58. The van der Waals surface area contributed by atoms with Gasteiger partial charge in [0.05, 0.1) is 10.9 Å². The SMILES string of the molecule is CCn1cccc1/C=C1\SC(=NC2CCCCC2)N(C2CCCCC2)C1=O. The van der Waals surface area contributed by atoms with Gasteiger partial charge in [0.15, 0.2) is 5.17 Å². The van der Waals surface area contributed by atoms with Crippen LogP contribution in [0.25, 0.3) is 6.08 Å². The van der Waals surface area contributed by atoms with Crippen molar-refractivity contribution in [3.05, 3.63) is 28.9 Å². The number of amidine groups is 1. The third-order valence-corrected chi connectivity index (χ3v) is 7.13. The number of aromatic nitrogens is 1. The van der Waals surface area contributed by atoms with Crippen LogP contribution in [0.5, 0.6) is 0 Å². The van der Waals surface area contributed by atoms with E-state index in [4.69, 9.17) is 4.99 Å². The number of amides is 1. The van der Waals surface area contributed by atoms with Gasteiger partial charge in [-0.2, -0.15) is 0 Å². The van der Waals surface area contributed by atoms with E-state index in [1.165, 1.54) is 51.4 Å². The monoisotopic (exact) mass is 385 g/mol. The number of aliphatic imine (C=N–C) groups is 1. The summed E-state index contributed by atoms with van der Waals surface area (Å²) in [6.07, 6.45) is 16.4. The van der Waals surface area contributed by atoms with Crippen molar-refractivity contribution >= 4 is 28.9 Å². The number of thioether (sulfide) groups is 1. The Morgan fingerprint density at radius 1 is 1.11 bits per heavy atom.